The summed E-state index contributed by atoms with van der Waals surface area (Å²) in [6.45, 7) is 5.93. The minimum Gasteiger partial charge on any atom is -0.395 e. The van der Waals surface area contributed by atoms with Gasteiger partial charge in [0, 0.05) is 12.3 Å². The van der Waals surface area contributed by atoms with E-state index in [1.54, 1.807) is 0 Å². The van der Waals surface area contributed by atoms with Gasteiger partial charge in [-0.1, -0.05) is 91.0 Å². The molecule has 0 aliphatic heterocycles. The predicted molar refractivity (Wildman–Crippen MR) is 181 cm³/mol. The second kappa shape index (κ2) is 16.9. The summed E-state index contributed by atoms with van der Waals surface area (Å²) in [6, 6.07) is 29.4. The quantitative estimate of drug-likeness (QED) is 0.118. The van der Waals surface area contributed by atoms with E-state index in [0.717, 1.165) is 22.9 Å². The maximum Gasteiger partial charge on any atom is 0.330 e. The van der Waals surface area contributed by atoms with Gasteiger partial charge >= 0.3 is 5.69 Å². The zero-order chi connectivity index (χ0) is 33.9. The molecule has 0 bridgehead atoms. The molecule has 0 saturated carbocycles. The Labute approximate surface area is 276 Å². The van der Waals surface area contributed by atoms with Crippen molar-refractivity contribution in [3.8, 4) is 0 Å². The summed E-state index contributed by atoms with van der Waals surface area (Å²) in [7, 11) is -6.52. The molecule has 4 atom stereocenters. The van der Waals surface area contributed by atoms with Crippen molar-refractivity contribution in [2.75, 3.05) is 12.9 Å². The maximum atomic E-state index is 13.3. The molecule has 1 N–H and O–H groups in total. The third-order valence-electron chi connectivity index (χ3n) is 6.83. The number of ether oxygens (including phenoxy) is 3. The van der Waals surface area contributed by atoms with Crippen LogP contribution < -0.4 is 11.2 Å². The Morgan fingerprint density at radius 1 is 0.723 bits per heavy atom. The topological polar surface area (TPSA) is 135 Å². The van der Waals surface area contributed by atoms with E-state index < -0.39 is 54.2 Å². The highest BCUT2D eigenvalue weighted by molar-refractivity contribution is 7.86. The lowest BCUT2D eigenvalue weighted by Crippen LogP contribution is -2.53. The fourth-order valence-electron chi connectivity index (χ4n) is 4.83. The summed E-state index contributed by atoms with van der Waals surface area (Å²) >= 11 is 0. The summed E-state index contributed by atoms with van der Waals surface area (Å²) in [4.78, 5) is 27.6. The molecule has 0 spiro atoms. The number of nitrogens with one attached hydrogen (secondary N) is 1. The molecule has 3 aromatic carbocycles. The second-order valence-corrected chi connectivity index (χ2v) is 18.1. The largest absolute Gasteiger partial charge is 0.395 e. The van der Waals surface area contributed by atoms with Crippen LogP contribution in [0.15, 0.2) is 113 Å². The van der Waals surface area contributed by atoms with Gasteiger partial charge in [0.2, 0.25) is 0 Å². The second-order valence-electron chi connectivity index (χ2n) is 12.0. The fraction of sp³-hybridized carbons (Fsp3) is 0.353. The van der Waals surface area contributed by atoms with Crippen LogP contribution in [0, 0.1) is 0 Å². The van der Waals surface area contributed by atoms with Gasteiger partial charge in [-0.15, -0.1) is 0 Å². The Balaban J connectivity index is 1.82. The molecular formula is C34H42N2O9SSi. The van der Waals surface area contributed by atoms with E-state index in [4.69, 9.17) is 22.8 Å². The molecule has 4 rings (SSSR count). The van der Waals surface area contributed by atoms with E-state index in [0.29, 0.717) is 0 Å². The van der Waals surface area contributed by atoms with Crippen LogP contribution in [0.5, 0.6) is 0 Å². The van der Waals surface area contributed by atoms with Crippen LogP contribution >= 0.6 is 0 Å². The monoisotopic (exact) mass is 682 g/mol. The third kappa shape index (κ3) is 12.1. The maximum absolute atomic E-state index is 13.3. The summed E-state index contributed by atoms with van der Waals surface area (Å²) in [5, 5.41) is 0. The first-order chi connectivity index (χ1) is 22.4. The number of rotatable bonds is 18. The minimum atomic E-state index is -4.05. The lowest BCUT2D eigenvalue weighted by atomic mass is 10.1. The van der Waals surface area contributed by atoms with Crippen molar-refractivity contribution in [2.24, 2.45) is 0 Å². The van der Waals surface area contributed by atoms with Crippen molar-refractivity contribution in [1.29, 1.82) is 0 Å². The number of benzene rings is 3. The Bertz CT molecular complexity index is 1750. The minimum absolute atomic E-state index is 0.0548. The number of hydrogen-bond acceptors (Lipinski definition) is 9. The molecule has 0 unspecified atom stereocenters. The normalized spacial score (nSPS) is 14.7. The van der Waals surface area contributed by atoms with Gasteiger partial charge in [0.25, 0.3) is 15.7 Å². The molecule has 4 aromatic rings. The molecule has 47 heavy (non-hydrogen) atoms. The number of aromatic amines is 1. The summed E-state index contributed by atoms with van der Waals surface area (Å²) in [5.74, 6) is 0. The Morgan fingerprint density at radius 3 is 1.68 bits per heavy atom. The fourth-order valence-corrected chi connectivity index (χ4v) is 6.41. The smallest absolute Gasteiger partial charge is 0.330 e. The number of nitrogens with zero attached hydrogens (tertiary/aromatic N) is 1. The van der Waals surface area contributed by atoms with Gasteiger partial charge in [0.1, 0.15) is 18.3 Å². The van der Waals surface area contributed by atoms with Gasteiger partial charge in [-0.25, -0.2) is 4.79 Å². The number of H-pyrrole nitrogens is 1. The molecule has 0 saturated heterocycles. The van der Waals surface area contributed by atoms with Crippen LogP contribution in [0.1, 0.15) is 22.9 Å². The highest BCUT2D eigenvalue weighted by Crippen LogP contribution is 2.29. The lowest BCUT2D eigenvalue weighted by Gasteiger charge is -2.39. The van der Waals surface area contributed by atoms with Crippen molar-refractivity contribution in [3.05, 3.63) is 141 Å². The van der Waals surface area contributed by atoms with Crippen LogP contribution in [-0.2, 0) is 52.8 Å². The van der Waals surface area contributed by atoms with Crippen LogP contribution in [0.4, 0.5) is 0 Å². The molecule has 1 aromatic heterocycles. The van der Waals surface area contributed by atoms with E-state index in [9.17, 15) is 18.0 Å². The molecule has 0 radical (unpaired) electrons. The number of hydrogen-bond donors (Lipinski definition) is 1. The Hall–Kier alpha value is -3.69. The summed E-state index contributed by atoms with van der Waals surface area (Å²) < 4.78 is 58.1. The van der Waals surface area contributed by atoms with Gasteiger partial charge in [0.05, 0.1) is 32.7 Å². The molecular weight excluding hydrogens is 641 g/mol. The average molecular weight is 683 g/mol. The highest BCUT2D eigenvalue weighted by atomic mass is 32.2. The molecule has 13 heteroatoms. The molecule has 0 aliphatic rings. The van der Waals surface area contributed by atoms with Crippen molar-refractivity contribution < 1.29 is 31.2 Å². The molecule has 11 nitrogen and oxygen atoms in total. The lowest BCUT2D eigenvalue weighted by molar-refractivity contribution is -0.181. The molecule has 0 fully saturated rings. The van der Waals surface area contributed by atoms with Crippen LogP contribution in [-0.4, -0.2) is 57.5 Å². The van der Waals surface area contributed by atoms with Crippen LogP contribution in [0.25, 0.3) is 0 Å². The van der Waals surface area contributed by atoms with Crippen LogP contribution in [0.3, 0.4) is 0 Å². The van der Waals surface area contributed by atoms with E-state index in [-0.39, 0.29) is 26.4 Å². The number of aromatic nitrogens is 2. The molecule has 0 aliphatic carbocycles. The van der Waals surface area contributed by atoms with Gasteiger partial charge in [-0.2, -0.15) is 8.42 Å². The van der Waals surface area contributed by atoms with E-state index >= 15 is 0 Å². The van der Waals surface area contributed by atoms with Gasteiger partial charge in [-0.3, -0.25) is 18.5 Å². The predicted octanol–water partition coefficient (Wildman–Crippen LogP) is 4.62. The van der Waals surface area contributed by atoms with Gasteiger partial charge in [0.15, 0.2) is 14.5 Å². The molecule has 0 amide bonds. The van der Waals surface area contributed by atoms with Crippen LogP contribution in [0.2, 0.25) is 19.6 Å². The Kier molecular flexibility index (Phi) is 13.0. The highest BCUT2D eigenvalue weighted by Gasteiger charge is 2.43. The first kappa shape index (κ1) is 36.1. The van der Waals surface area contributed by atoms with Gasteiger partial charge in [-0.05, 0) is 36.3 Å². The summed E-state index contributed by atoms with van der Waals surface area (Å²) in [5.41, 5.74) is 1.21. The SMILES string of the molecule is C[Si](C)(C)O[C@@H]([C@H](OCc1ccccc1)[C@@H](OCc1ccccc1)[C@@H](COCc1ccccc1)OS(C)(=O)=O)n1ccc(=O)[nH]c1=O. The van der Waals surface area contributed by atoms with Crippen molar-refractivity contribution >= 4 is 18.4 Å². The molecule has 252 valence electrons. The summed E-state index contributed by atoms with van der Waals surface area (Å²) in [6.07, 6.45) is -2.41. The van der Waals surface area contributed by atoms with E-state index in [1.807, 2.05) is 111 Å². The zero-order valence-corrected chi connectivity index (χ0v) is 28.8. The first-order valence-electron chi connectivity index (χ1n) is 15.2. The standard InChI is InChI=1S/C34H42N2O9SSi/c1-46(39,40)44-29(25-41-22-26-14-8-5-9-15-26)31(42-23-27-16-10-6-11-17-27)32(43-24-28-18-12-7-13-19-28)33(45-47(2,3)4)36-21-20-30(37)35-34(36)38/h5-21,29,31-33H,22-25H2,1-4H3,(H,35,37,38)/t29-,31+,32-,33+/m1/s1. The van der Waals surface area contributed by atoms with Crippen molar-refractivity contribution in [1.82, 2.24) is 9.55 Å². The first-order valence-corrected chi connectivity index (χ1v) is 20.4. The third-order valence-corrected chi connectivity index (χ3v) is 8.38. The van der Waals surface area contributed by atoms with E-state index in [1.165, 1.54) is 16.8 Å². The zero-order valence-electron chi connectivity index (χ0n) is 27.0. The average Bonchev–Trinajstić information content (AvgIpc) is 3.02. The van der Waals surface area contributed by atoms with Crippen molar-refractivity contribution in [2.45, 2.75) is 64.0 Å². The molecule has 1 heterocycles. The van der Waals surface area contributed by atoms with E-state index in [2.05, 4.69) is 4.98 Å². The van der Waals surface area contributed by atoms with Gasteiger partial charge < -0.3 is 18.6 Å². The van der Waals surface area contributed by atoms with Crippen molar-refractivity contribution in [3.63, 3.8) is 0 Å². The Morgan fingerprint density at radius 2 is 1.21 bits per heavy atom.